The highest BCUT2D eigenvalue weighted by molar-refractivity contribution is 9.10. The van der Waals surface area contributed by atoms with Crippen LogP contribution < -0.4 is 21.5 Å². The van der Waals surface area contributed by atoms with Crippen LogP contribution in [0.15, 0.2) is 27.2 Å². The summed E-state index contributed by atoms with van der Waals surface area (Å²) in [5, 5.41) is 11.4. The van der Waals surface area contributed by atoms with Gasteiger partial charge >= 0.3 is 12.1 Å². The van der Waals surface area contributed by atoms with E-state index in [-0.39, 0.29) is 36.7 Å². The maximum Gasteiger partial charge on any atom is 0.429 e. The van der Waals surface area contributed by atoms with Gasteiger partial charge in [0.2, 0.25) is 6.10 Å². The topological polar surface area (TPSA) is 140 Å². The van der Waals surface area contributed by atoms with Crippen molar-refractivity contribution in [2.24, 2.45) is 16.5 Å². The third-order valence-electron chi connectivity index (χ3n) is 4.21. The molecule has 0 spiro atoms. The fraction of sp³-hybridized carbons (Fsp3) is 0.389. The molecule has 30 heavy (non-hydrogen) atoms. The fourth-order valence-corrected chi connectivity index (χ4v) is 3.47. The Bertz CT molecular complexity index is 898. The average Bonchev–Trinajstić information content (AvgIpc) is 2.61. The van der Waals surface area contributed by atoms with Crippen LogP contribution in [0.3, 0.4) is 0 Å². The van der Waals surface area contributed by atoms with Crippen LogP contribution in [0.1, 0.15) is 24.0 Å². The molecule has 0 aliphatic carbocycles. The molecule has 1 aliphatic heterocycles. The van der Waals surface area contributed by atoms with E-state index in [1.54, 1.807) is 13.0 Å². The number of aliphatic imine (C=N–C) groups is 1. The van der Waals surface area contributed by atoms with E-state index in [1.807, 2.05) is 0 Å². The van der Waals surface area contributed by atoms with Crippen LogP contribution in [0.5, 0.6) is 5.75 Å². The number of carboxylic acids is 1. The molecule has 0 aromatic heterocycles. The van der Waals surface area contributed by atoms with E-state index in [2.05, 4.69) is 26.2 Å². The molecule has 0 bridgehead atoms. The monoisotopic (exact) mass is 492 g/mol. The van der Waals surface area contributed by atoms with Crippen LogP contribution in [0, 0.1) is 6.92 Å². The molecule has 1 aliphatic rings. The summed E-state index contributed by atoms with van der Waals surface area (Å²) in [4.78, 5) is 27.7. The minimum atomic E-state index is -4.88. The molecule has 8 nitrogen and oxygen atoms in total. The van der Waals surface area contributed by atoms with Gasteiger partial charge in [0.05, 0.1) is 5.57 Å². The number of carboxylic acid groups (broad SMARTS) is 1. The van der Waals surface area contributed by atoms with Crippen molar-refractivity contribution in [2.75, 3.05) is 6.54 Å². The van der Waals surface area contributed by atoms with Gasteiger partial charge in [-0.15, -0.1) is 0 Å². The molecular weight excluding hydrogens is 473 g/mol. The number of nitrogens with zero attached hydrogens (tertiary/aromatic N) is 1. The molecule has 0 saturated carbocycles. The Hall–Kier alpha value is -2.76. The van der Waals surface area contributed by atoms with Crippen LogP contribution >= 0.6 is 15.9 Å². The summed E-state index contributed by atoms with van der Waals surface area (Å²) in [6, 6.07) is 1.67. The van der Waals surface area contributed by atoms with Crippen LogP contribution in [0.4, 0.5) is 13.2 Å². The second-order valence-electron chi connectivity index (χ2n) is 6.59. The number of fused-ring (bicyclic) bond motifs is 1. The van der Waals surface area contributed by atoms with Crippen molar-refractivity contribution in [3.05, 3.63) is 33.3 Å². The largest absolute Gasteiger partial charge is 0.480 e. The van der Waals surface area contributed by atoms with E-state index in [4.69, 9.17) is 16.2 Å². The van der Waals surface area contributed by atoms with Gasteiger partial charge in [0.25, 0.3) is 5.91 Å². The number of guanidine groups is 1. The fourth-order valence-electron chi connectivity index (χ4n) is 2.88. The zero-order valence-electron chi connectivity index (χ0n) is 15.8. The molecule has 0 saturated heterocycles. The highest BCUT2D eigenvalue weighted by Crippen LogP contribution is 2.40. The maximum atomic E-state index is 13.6. The van der Waals surface area contributed by atoms with Crippen molar-refractivity contribution in [1.82, 2.24) is 5.32 Å². The molecule has 164 valence electrons. The molecule has 2 atom stereocenters. The predicted octanol–water partition coefficient (Wildman–Crippen LogP) is 2.09. The Morgan fingerprint density at radius 1 is 1.37 bits per heavy atom. The van der Waals surface area contributed by atoms with Gasteiger partial charge in [-0.3, -0.25) is 9.79 Å². The Labute approximate surface area is 178 Å². The average molecular weight is 493 g/mol. The molecule has 1 aromatic carbocycles. The summed E-state index contributed by atoms with van der Waals surface area (Å²) in [7, 11) is 0. The summed E-state index contributed by atoms with van der Waals surface area (Å²) in [6.07, 6.45) is -6.23. The van der Waals surface area contributed by atoms with E-state index in [0.29, 0.717) is 10.0 Å². The van der Waals surface area contributed by atoms with Gasteiger partial charge in [0, 0.05) is 16.6 Å². The summed E-state index contributed by atoms with van der Waals surface area (Å²) < 4.78 is 46.4. The van der Waals surface area contributed by atoms with Crippen LogP contribution in [-0.2, 0) is 9.59 Å². The van der Waals surface area contributed by atoms with Crippen molar-refractivity contribution in [3.63, 3.8) is 0 Å². The number of halogens is 4. The minimum Gasteiger partial charge on any atom is -0.480 e. The predicted molar refractivity (Wildman–Crippen MR) is 107 cm³/mol. The Kier molecular flexibility index (Phi) is 7.34. The lowest BCUT2D eigenvalue weighted by molar-refractivity contribution is -0.185. The molecule has 0 radical (unpaired) electrons. The van der Waals surface area contributed by atoms with Gasteiger partial charge in [-0.1, -0.05) is 15.9 Å². The Morgan fingerprint density at radius 3 is 2.60 bits per heavy atom. The summed E-state index contributed by atoms with van der Waals surface area (Å²) in [5.41, 5.74) is 10.3. The number of aryl methyl sites for hydroxylation is 1. The molecule has 12 heteroatoms. The number of carbonyl (C=O) groups is 2. The first-order valence-corrected chi connectivity index (χ1v) is 9.53. The number of ether oxygens (including phenoxy) is 1. The first-order chi connectivity index (χ1) is 13.9. The zero-order valence-corrected chi connectivity index (χ0v) is 17.4. The van der Waals surface area contributed by atoms with E-state index < -0.39 is 35.8 Å². The molecular formula is C18H20BrF3N4O4. The quantitative estimate of drug-likeness (QED) is 0.261. The van der Waals surface area contributed by atoms with E-state index in [0.717, 1.165) is 6.08 Å². The molecule has 6 N–H and O–H groups in total. The second kappa shape index (κ2) is 9.37. The maximum absolute atomic E-state index is 13.6. The number of nitrogens with two attached hydrogens (primary N) is 2. The molecule has 0 fully saturated rings. The number of hydrogen-bond acceptors (Lipinski definition) is 4. The number of alkyl halides is 3. The van der Waals surface area contributed by atoms with Crippen LogP contribution in [0.2, 0.25) is 0 Å². The minimum absolute atomic E-state index is 0.00379. The van der Waals surface area contributed by atoms with E-state index in [9.17, 15) is 27.9 Å². The van der Waals surface area contributed by atoms with Crippen molar-refractivity contribution < 1.29 is 32.6 Å². The van der Waals surface area contributed by atoms with E-state index in [1.165, 1.54) is 6.07 Å². The number of rotatable bonds is 7. The molecule has 0 unspecified atom stereocenters. The van der Waals surface area contributed by atoms with Gasteiger partial charge in [-0.05, 0) is 43.5 Å². The van der Waals surface area contributed by atoms with Crippen molar-refractivity contribution in [2.45, 2.75) is 38.1 Å². The smallest absolute Gasteiger partial charge is 0.429 e. The highest BCUT2D eigenvalue weighted by Gasteiger charge is 2.48. The third-order valence-corrected chi connectivity index (χ3v) is 4.66. The second-order valence-corrected chi connectivity index (χ2v) is 7.51. The lowest BCUT2D eigenvalue weighted by Crippen LogP contribution is -2.47. The SMILES string of the molecule is Cc1cc(Br)cc2c1O[C@H](C(F)(F)F)C(C(=O)N[C@@H](CCCN=C(N)N)C(=O)O)=C2. The lowest BCUT2D eigenvalue weighted by atomic mass is 9.98. The van der Waals surface area contributed by atoms with Crippen LogP contribution in [0.25, 0.3) is 6.08 Å². The Morgan fingerprint density at radius 2 is 2.03 bits per heavy atom. The van der Waals surface area contributed by atoms with Crippen molar-refractivity contribution in [1.29, 1.82) is 0 Å². The first-order valence-electron chi connectivity index (χ1n) is 8.74. The number of hydrogen-bond donors (Lipinski definition) is 4. The molecule has 1 amide bonds. The standard InChI is InChI=1S/C18H20BrF3N4O4/c1-8-5-10(19)6-9-7-11(14(18(20,21)22)30-13(8)9)15(27)26-12(16(28)29)3-2-4-25-17(23)24/h5-7,12,14H,2-4H2,1H3,(H,26,27)(H,28,29)(H4,23,24,25)/t12-,14-/m0/s1. The van der Waals surface area contributed by atoms with Crippen LogP contribution in [-0.4, -0.2) is 47.8 Å². The van der Waals surface area contributed by atoms with Crippen molar-refractivity contribution >= 4 is 39.8 Å². The summed E-state index contributed by atoms with van der Waals surface area (Å²) in [6.45, 7) is 1.69. The highest BCUT2D eigenvalue weighted by atomic mass is 79.9. The van der Waals surface area contributed by atoms with Gasteiger partial charge in [0.15, 0.2) is 5.96 Å². The van der Waals surface area contributed by atoms with Gasteiger partial charge in [-0.25, -0.2) is 4.79 Å². The third kappa shape index (κ3) is 5.88. The zero-order chi connectivity index (χ0) is 22.6. The summed E-state index contributed by atoms with van der Waals surface area (Å²) >= 11 is 3.24. The van der Waals surface area contributed by atoms with Crippen molar-refractivity contribution in [3.8, 4) is 5.75 Å². The summed E-state index contributed by atoms with van der Waals surface area (Å²) in [5.74, 6) is -2.75. The first kappa shape index (κ1) is 23.5. The van der Waals surface area contributed by atoms with Gasteiger partial charge in [0.1, 0.15) is 11.8 Å². The Balaban J connectivity index is 2.29. The number of nitrogens with one attached hydrogen (secondary N) is 1. The number of benzene rings is 1. The number of amides is 1. The number of carbonyl (C=O) groups excluding carboxylic acids is 1. The molecule has 2 rings (SSSR count). The van der Waals surface area contributed by atoms with E-state index >= 15 is 0 Å². The normalized spacial score (nSPS) is 16.6. The number of aliphatic carboxylic acids is 1. The van der Waals surface area contributed by atoms with Gasteiger partial charge < -0.3 is 26.6 Å². The molecule has 1 aromatic rings. The lowest BCUT2D eigenvalue weighted by Gasteiger charge is -2.30. The molecule has 1 heterocycles. The van der Waals surface area contributed by atoms with Gasteiger partial charge in [-0.2, -0.15) is 13.2 Å².